The summed E-state index contributed by atoms with van der Waals surface area (Å²) in [4.78, 5) is 30.7. The van der Waals surface area contributed by atoms with Crippen LogP contribution >= 0.6 is 0 Å². The Bertz CT molecular complexity index is 820. The zero-order valence-electron chi connectivity index (χ0n) is 18.0. The smallest absolute Gasteiger partial charge is 0.272 e. The molecule has 0 aliphatic rings. The molecule has 30 heavy (non-hydrogen) atoms. The molecule has 7 nitrogen and oxygen atoms in total. The fraction of sp³-hybridized carbons (Fsp3) is 0.435. The number of amides is 2. The summed E-state index contributed by atoms with van der Waals surface area (Å²) >= 11 is 0. The third kappa shape index (κ3) is 7.24. The van der Waals surface area contributed by atoms with E-state index in [1.54, 1.807) is 18.0 Å². The summed E-state index contributed by atoms with van der Waals surface area (Å²) in [5.41, 5.74) is 7.63. The van der Waals surface area contributed by atoms with Gasteiger partial charge in [-0.25, -0.2) is 4.98 Å². The number of primary amides is 1. The van der Waals surface area contributed by atoms with E-state index in [0.717, 1.165) is 12.0 Å². The molecule has 162 valence electrons. The Labute approximate surface area is 178 Å². The fourth-order valence-electron chi connectivity index (χ4n) is 3.11. The number of hydrogen-bond acceptors (Lipinski definition) is 5. The van der Waals surface area contributed by atoms with Crippen LogP contribution in [0.25, 0.3) is 0 Å². The molecule has 1 aromatic carbocycles. The summed E-state index contributed by atoms with van der Waals surface area (Å²) < 4.78 is 11.1. The predicted molar refractivity (Wildman–Crippen MR) is 115 cm³/mol. The standard InChI is InChI=1S/C23H31N3O4/c1-4-29-21(30-5-2)12-9-13-26(3)23(28)20-16-18(22(24)27)15-19(25-20)14-17-10-7-6-8-11-17/h6-8,10-11,15-16,21H,4-5,9,12-14H2,1-3H3,(H2,24,27). The Kier molecular flexibility index (Phi) is 9.44. The molecule has 0 bridgehead atoms. The summed E-state index contributed by atoms with van der Waals surface area (Å²) in [6.07, 6.45) is 1.65. The second-order valence-electron chi connectivity index (χ2n) is 6.97. The number of benzene rings is 1. The number of aromatic nitrogens is 1. The van der Waals surface area contributed by atoms with Crippen molar-refractivity contribution in [3.8, 4) is 0 Å². The lowest BCUT2D eigenvalue weighted by molar-refractivity contribution is -0.140. The molecule has 0 spiro atoms. The van der Waals surface area contributed by atoms with Crippen LogP contribution in [0.1, 0.15) is 58.8 Å². The van der Waals surface area contributed by atoms with Gasteiger partial charge in [-0.15, -0.1) is 0 Å². The van der Waals surface area contributed by atoms with E-state index in [1.165, 1.54) is 6.07 Å². The summed E-state index contributed by atoms with van der Waals surface area (Å²) in [6, 6.07) is 12.8. The van der Waals surface area contributed by atoms with Gasteiger partial charge in [0.2, 0.25) is 5.91 Å². The summed E-state index contributed by atoms with van der Waals surface area (Å²) in [5.74, 6) is -0.837. The predicted octanol–water partition coefficient (Wildman–Crippen LogP) is 3.02. The number of pyridine rings is 1. The van der Waals surface area contributed by atoms with Crippen molar-refractivity contribution in [2.75, 3.05) is 26.8 Å². The van der Waals surface area contributed by atoms with Gasteiger partial charge in [0.05, 0.1) is 0 Å². The van der Waals surface area contributed by atoms with Crippen LogP contribution in [0.2, 0.25) is 0 Å². The topological polar surface area (TPSA) is 94.8 Å². The largest absolute Gasteiger partial charge is 0.366 e. The van der Waals surface area contributed by atoms with Gasteiger partial charge >= 0.3 is 0 Å². The van der Waals surface area contributed by atoms with Gasteiger partial charge in [0.1, 0.15) is 5.69 Å². The lowest BCUT2D eigenvalue weighted by Crippen LogP contribution is -2.30. The van der Waals surface area contributed by atoms with Crippen molar-refractivity contribution in [3.05, 3.63) is 65.0 Å². The van der Waals surface area contributed by atoms with Crippen LogP contribution in [-0.2, 0) is 15.9 Å². The molecule has 7 heteroatoms. The number of rotatable bonds is 12. The molecular formula is C23H31N3O4. The summed E-state index contributed by atoms with van der Waals surface area (Å²) in [5, 5.41) is 0. The minimum atomic E-state index is -0.584. The van der Waals surface area contributed by atoms with Crippen molar-refractivity contribution >= 4 is 11.8 Å². The summed E-state index contributed by atoms with van der Waals surface area (Å²) in [7, 11) is 1.72. The Morgan fingerprint density at radius 3 is 2.37 bits per heavy atom. The third-order valence-electron chi connectivity index (χ3n) is 4.60. The maximum Gasteiger partial charge on any atom is 0.272 e. The first-order valence-electron chi connectivity index (χ1n) is 10.3. The molecule has 1 heterocycles. The van der Waals surface area contributed by atoms with Crippen molar-refractivity contribution in [3.63, 3.8) is 0 Å². The quantitative estimate of drug-likeness (QED) is 0.540. The van der Waals surface area contributed by atoms with E-state index in [9.17, 15) is 9.59 Å². The number of hydrogen-bond donors (Lipinski definition) is 1. The number of carbonyl (C=O) groups excluding carboxylic acids is 2. The average molecular weight is 414 g/mol. The van der Waals surface area contributed by atoms with E-state index >= 15 is 0 Å². The first-order chi connectivity index (χ1) is 14.4. The molecule has 0 aliphatic carbocycles. The van der Waals surface area contributed by atoms with Gasteiger partial charge in [-0.2, -0.15) is 0 Å². The highest BCUT2D eigenvalue weighted by Crippen LogP contribution is 2.13. The molecule has 0 saturated heterocycles. The molecule has 0 atom stereocenters. The number of nitrogens with two attached hydrogens (primary N) is 1. The van der Waals surface area contributed by atoms with Gasteiger partial charge in [0.25, 0.3) is 5.91 Å². The second kappa shape index (κ2) is 12.0. The molecule has 2 aromatic rings. The zero-order valence-corrected chi connectivity index (χ0v) is 18.0. The van der Waals surface area contributed by atoms with E-state index in [4.69, 9.17) is 15.2 Å². The van der Waals surface area contributed by atoms with Crippen molar-refractivity contribution in [1.82, 2.24) is 9.88 Å². The van der Waals surface area contributed by atoms with Crippen LogP contribution in [0.5, 0.6) is 0 Å². The fourth-order valence-corrected chi connectivity index (χ4v) is 3.11. The van der Waals surface area contributed by atoms with Gasteiger partial charge < -0.3 is 20.1 Å². The van der Waals surface area contributed by atoms with Crippen molar-refractivity contribution < 1.29 is 19.1 Å². The van der Waals surface area contributed by atoms with Crippen molar-refractivity contribution in [1.29, 1.82) is 0 Å². The van der Waals surface area contributed by atoms with Crippen LogP contribution in [0.3, 0.4) is 0 Å². The second-order valence-corrected chi connectivity index (χ2v) is 6.97. The van der Waals surface area contributed by atoms with Crippen LogP contribution in [0, 0.1) is 0 Å². The molecule has 0 unspecified atom stereocenters. The van der Waals surface area contributed by atoms with Crippen LogP contribution in [0.4, 0.5) is 0 Å². The molecule has 2 N–H and O–H groups in total. The van der Waals surface area contributed by atoms with Crippen molar-refractivity contribution in [2.24, 2.45) is 5.73 Å². The number of ether oxygens (including phenoxy) is 2. The Morgan fingerprint density at radius 1 is 1.10 bits per heavy atom. The molecule has 2 rings (SSSR count). The van der Waals surface area contributed by atoms with Crippen LogP contribution in [-0.4, -0.2) is 54.8 Å². The van der Waals surface area contributed by atoms with Crippen LogP contribution in [0.15, 0.2) is 42.5 Å². The minimum Gasteiger partial charge on any atom is -0.366 e. The van der Waals surface area contributed by atoms with Gasteiger partial charge in [0.15, 0.2) is 6.29 Å². The first-order valence-corrected chi connectivity index (χ1v) is 10.3. The van der Waals surface area contributed by atoms with Crippen molar-refractivity contribution in [2.45, 2.75) is 39.4 Å². The number of carbonyl (C=O) groups is 2. The van der Waals surface area contributed by atoms with E-state index < -0.39 is 5.91 Å². The maximum atomic E-state index is 12.9. The molecule has 1 aromatic heterocycles. The zero-order chi connectivity index (χ0) is 21.9. The SMILES string of the molecule is CCOC(CCCN(C)C(=O)c1cc(C(N)=O)cc(Cc2ccccc2)n1)OCC. The van der Waals surface area contributed by atoms with E-state index in [-0.39, 0.29) is 23.5 Å². The number of nitrogens with zero attached hydrogens (tertiary/aromatic N) is 2. The molecule has 0 radical (unpaired) electrons. The lowest BCUT2D eigenvalue weighted by Gasteiger charge is -2.20. The summed E-state index contributed by atoms with van der Waals surface area (Å²) in [6.45, 7) is 5.52. The molecule has 0 saturated carbocycles. The van der Waals surface area contributed by atoms with Gasteiger partial charge in [-0.3, -0.25) is 9.59 Å². The third-order valence-corrected chi connectivity index (χ3v) is 4.60. The maximum absolute atomic E-state index is 12.9. The Balaban J connectivity index is 2.08. The minimum absolute atomic E-state index is 0.214. The molecule has 2 amide bonds. The van der Waals surface area contributed by atoms with E-state index in [0.29, 0.717) is 38.3 Å². The van der Waals surface area contributed by atoms with E-state index in [2.05, 4.69) is 4.98 Å². The highest BCUT2D eigenvalue weighted by Gasteiger charge is 2.18. The monoisotopic (exact) mass is 413 g/mol. The lowest BCUT2D eigenvalue weighted by atomic mass is 10.1. The first kappa shape index (κ1) is 23.5. The van der Waals surface area contributed by atoms with Crippen LogP contribution < -0.4 is 5.73 Å². The molecule has 0 fully saturated rings. The van der Waals surface area contributed by atoms with E-state index in [1.807, 2.05) is 44.2 Å². The Morgan fingerprint density at radius 2 is 1.77 bits per heavy atom. The highest BCUT2D eigenvalue weighted by atomic mass is 16.7. The average Bonchev–Trinajstić information content (AvgIpc) is 2.74. The molecular weight excluding hydrogens is 382 g/mol. The normalized spacial score (nSPS) is 10.9. The Hall–Kier alpha value is -2.77. The van der Waals surface area contributed by atoms with Gasteiger partial charge in [-0.1, -0.05) is 30.3 Å². The van der Waals surface area contributed by atoms with Gasteiger partial charge in [-0.05, 0) is 38.0 Å². The molecule has 0 aliphatic heterocycles. The van der Waals surface area contributed by atoms with Gasteiger partial charge in [0, 0.05) is 50.9 Å². The highest BCUT2D eigenvalue weighted by molar-refractivity contribution is 5.97.